The van der Waals surface area contributed by atoms with Gasteiger partial charge in [0.05, 0.1) is 30.3 Å². The van der Waals surface area contributed by atoms with E-state index in [0.717, 1.165) is 32.2 Å². The monoisotopic (exact) mass is 511 g/mol. The highest BCUT2D eigenvalue weighted by Crippen LogP contribution is 2.47. The Kier molecular flexibility index (Phi) is 6.84. The molecular formula is C29H38FN3O4. The van der Waals surface area contributed by atoms with Gasteiger partial charge in [-0.25, -0.2) is 9.18 Å². The summed E-state index contributed by atoms with van der Waals surface area (Å²) in [6.07, 6.45) is 5.69. The number of alkyl halides is 1. The minimum Gasteiger partial charge on any atom is -0.478 e. The summed E-state index contributed by atoms with van der Waals surface area (Å²) < 4.78 is 22.4. The average Bonchev–Trinajstić information content (AvgIpc) is 3.31. The fourth-order valence-corrected chi connectivity index (χ4v) is 7.78. The lowest BCUT2D eigenvalue weighted by molar-refractivity contribution is -0.199. The number of hydrogen-bond donors (Lipinski definition) is 2. The van der Waals surface area contributed by atoms with E-state index in [1.807, 2.05) is 6.07 Å². The largest absolute Gasteiger partial charge is 0.478 e. The molecule has 1 aromatic rings. The number of carboxylic acid groups (broad SMARTS) is 1. The second-order valence-corrected chi connectivity index (χ2v) is 11.7. The number of nitrogens with zero attached hydrogens (tertiary/aromatic N) is 2. The van der Waals surface area contributed by atoms with Crippen LogP contribution < -0.4 is 5.32 Å². The molecule has 5 aliphatic rings. The molecule has 200 valence electrons. The molecule has 37 heavy (non-hydrogen) atoms. The third kappa shape index (κ3) is 4.51. The maximum Gasteiger partial charge on any atom is 0.340 e. The maximum absolute atomic E-state index is 15.7. The second-order valence-electron chi connectivity index (χ2n) is 11.7. The third-order valence-electron chi connectivity index (χ3n) is 9.70. The summed E-state index contributed by atoms with van der Waals surface area (Å²) in [6.45, 7) is 1.81. The van der Waals surface area contributed by atoms with Crippen molar-refractivity contribution in [1.29, 1.82) is 0 Å². The first-order valence-electron chi connectivity index (χ1n) is 14.0. The van der Waals surface area contributed by atoms with Crippen molar-refractivity contribution in [3.05, 3.63) is 47.7 Å². The first kappa shape index (κ1) is 25.0. The molecule has 2 N–H and O–H groups in total. The Balaban J connectivity index is 1.27. The standard InChI is InChI=1S/C29H38FN3O4/c1-32-13-5-8-19(32)11-12-31-25-22(30)15-20-26-28(25)37-24-10-9-18(17-6-3-2-4-7-17)14-23(24)33(26)16-21(27(20)34)29(35)36/h2-4,6-7,16,18-20,22-26,28,31H,5,8-15H2,1H3,(H,35,36). The number of ether oxygens (including phenoxy) is 1. The fourth-order valence-electron chi connectivity index (χ4n) is 7.78. The van der Waals surface area contributed by atoms with Crippen LogP contribution in [0.15, 0.2) is 42.1 Å². The van der Waals surface area contributed by atoms with Crippen molar-refractivity contribution in [1.82, 2.24) is 15.1 Å². The van der Waals surface area contributed by atoms with Crippen LogP contribution in [0.4, 0.5) is 4.39 Å². The number of ketones is 1. The molecule has 6 rings (SSSR count). The highest BCUT2D eigenvalue weighted by atomic mass is 19.1. The number of likely N-dealkylation sites (tertiary alicyclic amines) is 1. The average molecular weight is 512 g/mol. The van der Waals surface area contributed by atoms with Gasteiger partial charge in [0.2, 0.25) is 0 Å². The van der Waals surface area contributed by atoms with Crippen molar-refractivity contribution in [2.24, 2.45) is 5.92 Å². The number of benzene rings is 1. The van der Waals surface area contributed by atoms with Crippen LogP contribution >= 0.6 is 0 Å². The van der Waals surface area contributed by atoms with Gasteiger partial charge in [-0.1, -0.05) is 30.3 Å². The molecule has 0 aromatic heterocycles. The molecule has 4 fully saturated rings. The highest BCUT2D eigenvalue weighted by Gasteiger charge is 2.59. The summed E-state index contributed by atoms with van der Waals surface area (Å²) in [4.78, 5) is 29.7. The zero-order valence-corrected chi connectivity index (χ0v) is 21.5. The highest BCUT2D eigenvalue weighted by molar-refractivity contribution is 6.18. The number of carbonyl (C=O) groups is 2. The Bertz CT molecular complexity index is 1050. The summed E-state index contributed by atoms with van der Waals surface area (Å²) in [7, 11) is 2.15. The lowest BCUT2D eigenvalue weighted by Gasteiger charge is -2.59. The minimum atomic E-state index is -1.26. The number of carboxylic acids is 1. The SMILES string of the molecule is CN1CCCC1CCNC1C(F)CC2C(=O)C(C(=O)O)=CN3C4CC(c5ccccc5)CCC4OC1C23. The van der Waals surface area contributed by atoms with Crippen LogP contribution in [0.3, 0.4) is 0 Å². The van der Waals surface area contributed by atoms with Gasteiger partial charge in [-0.05, 0) is 76.6 Å². The molecular weight excluding hydrogens is 473 g/mol. The summed E-state index contributed by atoms with van der Waals surface area (Å²) >= 11 is 0. The summed E-state index contributed by atoms with van der Waals surface area (Å²) in [5.74, 6) is -2.04. The van der Waals surface area contributed by atoms with E-state index in [2.05, 4.69) is 46.4 Å². The van der Waals surface area contributed by atoms with Crippen molar-refractivity contribution in [3.8, 4) is 0 Å². The number of halogens is 1. The third-order valence-corrected chi connectivity index (χ3v) is 9.70. The summed E-state index contributed by atoms with van der Waals surface area (Å²) in [6, 6.07) is 10.0. The van der Waals surface area contributed by atoms with E-state index in [-0.39, 0.29) is 30.2 Å². The number of rotatable bonds is 6. The molecule has 3 aliphatic heterocycles. The second kappa shape index (κ2) is 10.1. The maximum atomic E-state index is 15.7. The van der Waals surface area contributed by atoms with Crippen molar-refractivity contribution in [2.45, 2.75) is 93.4 Å². The van der Waals surface area contributed by atoms with Crippen LogP contribution in [0.5, 0.6) is 0 Å². The zero-order valence-electron chi connectivity index (χ0n) is 21.5. The van der Waals surface area contributed by atoms with Crippen LogP contribution in [0.25, 0.3) is 0 Å². The Morgan fingerprint density at radius 2 is 2.00 bits per heavy atom. The molecule has 0 radical (unpaired) electrons. The van der Waals surface area contributed by atoms with Gasteiger partial charge in [-0.2, -0.15) is 0 Å². The van der Waals surface area contributed by atoms with E-state index >= 15 is 4.39 Å². The molecule has 8 heteroatoms. The molecule has 0 bridgehead atoms. The lowest BCUT2D eigenvalue weighted by Crippen LogP contribution is -2.73. The lowest BCUT2D eigenvalue weighted by atomic mass is 9.68. The van der Waals surface area contributed by atoms with Crippen LogP contribution in [0.1, 0.15) is 56.4 Å². The number of aliphatic carboxylic acids is 1. The van der Waals surface area contributed by atoms with Gasteiger partial charge < -0.3 is 25.0 Å². The normalized spacial score (nSPS) is 39.6. The zero-order chi connectivity index (χ0) is 25.7. The molecule has 0 spiro atoms. The molecule has 2 saturated heterocycles. The molecule has 7 nitrogen and oxygen atoms in total. The first-order chi connectivity index (χ1) is 17.9. The summed E-state index contributed by atoms with van der Waals surface area (Å²) in [5, 5.41) is 13.3. The Labute approximate surface area is 218 Å². The number of nitrogens with one attached hydrogen (secondary N) is 1. The van der Waals surface area contributed by atoms with Crippen LogP contribution in [-0.2, 0) is 14.3 Å². The molecule has 1 aromatic carbocycles. The minimum absolute atomic E-state index is 0.0327. The molecule has 0 amide bonds. The van der Waals surface area contributed by atoms with Crippen molar-refractivity contribution >= 4 is 11.8 Å². The van der Waals surface area contributed by atoms with E-state index in [1.165, 1.54) is 18.4 Å². The fraction of sp³-hybridized carbons (Fsp3) is 0.655. The van der Waals surface area contributed by atoms with Gasteiger partial charge >= 0.3 is 5.97 Å². The van der Waals surface area contributed by atoms with Crippen LogP contribution in [0.2, 0.25) is 0 Å². The van der Waals surface area contributed by atoms with Gasteiger partial charge in [0, 0.05) is 18.2 Å². The summed E-state index contributed by atoms with van der Waals surface area (Å²) in [5.41, 5.74) is 1.06. The van der Waals surface area contributed by atoms with Crippen LogP contribution in [0, 0.1) is 5.92 Å². The number of Topliss-reactive ketones (excluding diaryl/α,β-unsaturated/α-hetero) is 1. The van der Waals surface area contributed by atoms with E-state index < -0.39 is 36.0 Å². The van der Waals surface area contributed by atoms with E-state index in [0.29, 0.717) is 18.5 Å². The number of fused-ring (bicyclic) bond motifs is 2. The van der Waals surface area contributed by atoms with Crippen LogP contribution in [-0.4, -0.2) is 89.3 Å². The molecule has 9 unspecified atom stereocenters. The predicted molar refractivity (Wildman–Crippen MR) is 137 cm³/mol. The van der Waals surface area contributed by atoms with E-state index in [1.54, 1.807) is 6.20 Å². The van der Waals surface area contributed by atoms with Crippen molar-refractivity contribution < 1.29 is 23.8 Å². The van der Waals surface area contributed by atoms with Crippen molar-refractivity contribution in [3.63, 3.8) is 0 Å². The Morgan fingerprint density at radius 1 is 1.19 bits per heavy atom. The molecule has 3 heterocycles. The Morgan fingerprint density at radius 3 is 2.73 bits per heavy atom. The van der Waals surface area contributed by atoms with Gasteiger partial charge in [-0.15, -0.1) is 0 Å². The number of hydrogen-bond acceptors (Lipinski definition) is 6. The number of carbonyl (C=O) groups excluding carboxylic acids is 1. The van der Waals surface area contributed by atoms with Gasteiger partial charge in [-0.3, -0.25) is 4.79 Å². The quantitative estimate of drug-likeness (QED) is 0.568. The topological polar surface area (TPSA) is 82.1 Å². The first-order valence-corrected chi connectivity index (χ1v) is 14.0. The Hall–Kier alpha value is -2.29. The molecule has 2 aliphatic carbocycles. The predicted octanol–water partition coefficient (Wildman–Crippen LogP) is 3.11. The van der Waals surface area contributed by atoms with Crippen molar-refractivity contribution in [2.75, 3.05) is 20.1 Å². The molecule has 9 atom stereocenters. The van der Waals surface area contributed by atoms with Gasteiger partial charge in [0.15, 0.2) is 5.78 Å². The number of morpholine rings is 1. The van der Waals surface area contributed by atoms with E-state index in [4.69, 9.17) is 4.74 Å². The van der Waals surface area contributed by atoms with Gasteiger partial charge in [0.1, 0.15) is 11.7 Å². The smallest absolute Gasteiger partial charge is 0.340 e. The van der Waals surface area contributed by atoms with E-state index in [9.17, 15) is 14.7 Å². The van der Waals surface area contributed by atoms with Gasteiger partial charge in [0.25, 0.3) is 0 Å². The molecule has 2 saturated carbocycles.